The van der Waals surface area contributed by atoms with Crippen LogP contribution in [0.5, 0.6) is 0 Å². The molecule has 0 saturated heterocycles. The minimum absolute atomic E-state index is 0.0113. The number of benzene rings is 1. The van der Waals surface area contributed by atoms with Gasteiger partial charge in [0.2, 0.25) is 0 Å². The quantitative estimate of drug-likeness (QED) is 0.860. The number of rotatable bonds is 3. The van der Waals surface area contributed by atoms with E-state index in [4.69, 9.17) is 5.73 Å². The molecule has 0 atom stereocenters. The normalized spacial score (nSPS) is 23.3. The molecule has 2 heteroatoms. The minimum Gasteiger partial charge on any atom is -0.378 e. The van der Waals surface area contributed by atoms with Crippen molar-refractivity contribution < 1.29 is 0 Å². The highest BCUT2D eigenvalue weighted by molar-refractivity contribution is 5.52. The van der Waals surface area contributed by atoms with Gasteiger partial charge in [-0.3, -0.25) is 0 Å². The maximum absolute atomic E-state index is 6.22. The summed E-state index contributed by atoms with van der Waals surface area (Å²) >= 11 is 0. The molecule has 20 heavy (non-hydrogen) atoms. The van der Waals surface area contributed by atoms with E-state index in [0.717, 1.165) is 12.8 Å². The predicted molar refractivity (Wildman–Crippen MR) is 88.0 cm³/mol. The maximum atomic E-state index is 6.22. The maximum Gasteiger partial charge on any atom is 0.0506 e. The van der Waals surface area contributed by atoms with Crippen LogP contribution in [0.3, 0.4) is 0 Å². The molecule has 0 radical (unpaired) electrons. The molecule has 2 rings (SSSR count). The Kier molecular flexibility index (Phi) is 3.90. The van der Waals surface area contributed by atoms with Crippen molar-refractivity contribution in [2.45, 2.75) is 59.4 Å². The van der Waals surface area contributed by atoms with Gasteiger partial charge in [0.05, 0.1) is 5.54 Å². The first-order valence-corrected chi connectivity index (χ1v) is 7.71. The number of nitrogens with two attached hydrogens (primary N) is 1. The van der Waals surface area contributed by atoms with Crippen molar-refractivity contribution in [3.63, 3.8) is 0 Å². The molecule has 0 bridgehead atoms. The molecular formula is C18H30N2. The van der Waals surface area contributed by atoms with E-state index in [9.17, 15) is 0 Å². The molecule has 112 valence electrons. The molecule has 2 nitrogen and oxygen atoms in total. The monoisotopic (exact) mass is 274 g/mol. The fourth-order valence-electron chi connectivity index (χ4n) is 4.60. The summed E-state index contributed by atoms with van der Waals surface area (Å²) in [4.78, 5) is 0. The standard InChI is InChI=1S/C18H30N2/c1-14-8-6-7-9-15(14)20-18(13-19)11-16(2,3)10-17(4,5)12-18/h6-9,20H,10-13,19H2,1-5H3. The molecule has 0 unspecified atom stereocenters. The number of anilines is 1. The average Bonchev–Trinajstić information content (AvgIpc) is 2.28. The topological polar surface area (TPSA) is 38.0 Å². The average molecular weight is 274 g/mol. The van der Waals surface area contributed by atoms with Crippen molar-refractivity contribution in [2.24, 2.45) is 16.6 Å². The van der Waals surface area contributed by atoms with Crippen LogP contribution in [0.4, 0.5) is 5.69 Å². The van der Waals surface area contributed by atoms with E-state index >= 15 is 0 Å². The van der Waals surface area contributed by atoms with Crippen LogP contribution in [0.2, 0.25) is 0 Å². The zero-order valence-corrected chi connectivity index (χ0v) is 13.7. The lowest BCUT2D eigenvalue weighted by molar-refractivity contribution is 0.0622. The van der Waals surface area contributed by atoms with Gasteiger partial charge in [-0.1, -0.05) is 45.9 Å². The van der Waals surface area contributed by atoms with Crippen molar-refractivity contribution in [2.75, 3.05) is 11.9 Å². The molecule has 1 fully saturated rings. The Labute approximate surface area is 124 Å². The van der Waals surface area contributed by atoms with E-state index in [1.807, 2.05) is 0 Å². The summed E-state index contributed by atoms with van der Waals surface area (Å²) in [6.45, 7) is 12.3. The number of aryl methyl sites for hydroxylation is 1. The molecule has 1 aromatic carbocycles. The van der Waals surface area contributed by atoms with Gasteiger partial charge in [-0.2, -0.15) is 0 Å². The lowest BCUT2D eigenvalue weighted by Gasteiger charge is -2.52. The second-order valence-electron chi connectivity index (χ2n) is 8.28. The molecule has 0 aromatic heterocycles. The highest BCUT2D eigenvalue weighted by Crippen LogP contribution is 2.50. The number of para-hydroxylation sites is 1. The molecule has 1 aromatic rings. The van der Waals surface area contributed by atoms with E-state index in [2.05, 4.69) is 64.2 Å². The molecule has 0 spiro atoms. The zero-order valence-electron chi connectivity index (χ0n) is 13.7. The number of hydrogen-bond acceptors (Lipinski definition) is 2. The summed E-state index contributed by atoms with van der Waals surface area (Å²) in [6, 6.07) is 8.51. The van der Waals surface area contributed by atoms with Crippen LogP contribution in [0, 0.1) is 17.8 Å². The first kappa shape index (κ1) is 15.4. The van der Waals surface area contributed by atoms with Gasteiger partial charge >= 0.3 is 0 Å². The smallest absolute Gasteiger partial charge is 0.0506 e. The Morgan fingerprint density at radius 3 is 2.05 bits per heavy atom. The fraction of sp³-hybridized carbons (Fsp3) is 0.667. The van der Waals surface area contributed by atoms with Crippen molar-refractivity contribution in [3.05, 3.63) is 29.8 Å². The van der Waals surface area contributed by atoms with Crippen LogP contribution in [0.1, 0.15) is 52.5 Å². The van der Waals surface area contributed by atoms with Crippen LogP contribution in [-0.2, 0) is 0 Å². The highest BCUT2D eigenvalue weighted by Gasteiger charge is 2.46. The van der Waals surface area contributed by atoms with E-state index in [1.165, 1.54) is 17.7 Å². The lowest BCUT2D eigenvalue weighted by atomic mass is 9.58. The molecular weight excluding hydrogens is 244 g/mol. The summed E-state index contributed by atoms with van der Waals surface area (Å²) in [5, 5.41) is 3.80. The third-order valence-corrected chi connectivity index (χ3v) is 4.53. The molecule has 3 N–H and O–H groups in total. The van der Waals surface area contributed by atoms with Crippen LogP contribution < -0.4 is 11.1 Å². The van der Waals surface area contributed by atoms with Gasteiger partial charge in [0.15, 0.2) is 0 Å². The van der Waals surface area contributed by atoms with E-state index in [-0.39, 0.29) is 5.54 Å². The number of hydrogen-bond donors (Lipinski definition) is 2. The van der Waals surface area contributed by atoms with Crippen molar-refractivity contribution in [3.8, 4) is 0 Å². The SMILES string of the molecule is Cc1ccccc1NC1(CN)CC(C)(C)CC(C)(C)C1. The van der Waals surface area contributed by atoms with Crippen molar-refractivity contribution in [1.29, 1.82) is 0 Å². The Morgan fingerprint density at radius 2 is 1.55 bits per heavy atom. The van der Waals surface area contributed by atoms with Crippen LogP contribution in [0.15, 0.2) is 24.3 Å². The van der Waals surface area contributed by atoms with Gasteiger partial charge in [0.25, 0.3) is 0 Å². The second-order valence-corrected chi connectivity index (χ2v) is 8.28. The van der Waals surface area contributed by atoms with Gasteiger partial charge in [0.1, 0.15) is 0 Å². The first-order valence-electron chi connectivity index (χ1n) is 7.71. The van der Waals surface area contributed by atoms with Gasteiger partial charge < -0.3 is 11.1 Å². The number of nitrogens with one attached hydrogen (secondary N) is 1. The van der Waals surface area contributed by atoms with E-state index < -0.39 is 0 Å². The third kappa shape index (κ3) is 3.35. The Bertz CT molecular complexity index is 458. The molecule has 1 saturated carbocycles. The largest absolute Gasteiger partial charge is 0.378 e. The van der Waals surface area contributed by atoms with E-state index in [0.29, 0.717) is 17.4 Å². The third-order valence-electron chi connectivity index (χ3n) is 4.53. The molecule has 0 heterocycles. The Balaban J connectivity index is 2.31. The van der Waals surface area contributed by atoms with Gasteiger partial charge in [-0.15, -0.1) is 0 Å². The lowest BCUT2D eigenvalue weighted by Crippen LogP contribution is -2.55. The van der Waals surface area contributed by atoms with Crippen LogP contribution >= 0.6 is 0 Å². The summed E-state index contributed by atoms with van der Waals surface area (Å²) in [7, 11) is 0. The zero-order chi connectivity index (χ0) is 15.0. The molecule has 1 aliphatic carbocycles. The molecule has 0 aliphatic heterocycles. The van der Waals surface area contributed by atoms with E-state index in [1.54, 1.807) is 0 Å². The summed E-state index contributed by atoms with van der Waals surface area (Å²) in [5.41, 5.74) is 9.41. The minimum atomic E-state index is 0.0113. The first-order chi connectivity index (χ1) is 9.17. The predicted octanol–water partition coefficient (Wildman–Crippen LogP) is 4.34. The fourth-order valence-corrected chi connectivity index (χ4v) is 4.60. The molecule has 0 amide bonds. The Hall–Kier alpha value is -1.02. The van der Waals surface area contributed by atoms with Gasteiger partial charge in [-0.25, -0.2) is 0 Å². The van der Waals surface area contributed by atoms with Crippen molar-refractivity contribution in [1.82, 2.24) is 0 Å². The van der Waals surface area contributed by atoms with Crippen molar-refractivity contribution >= 4 is 5.69 Å². The van der Waals surface area contributed by atoms with Crippen LogP contribution in [-0.4, -0.2) is 12.1 Å². The summed E-state index contributed by atoms with van der Waals surface area (Å²) in [5.74, 6) is 0. The Morgan fingerprint density at radius 1 is 1.00 bits per heavy atom. The summed E-state index contributed by atoms with van der Waals surface area (Å²) < 4.78 is 0. The van der Waals surface area contributed by atoms with Gasteiger partial charge in [-0.05, 0) is 48.6 Å². The van der Waals surface area contributed by atoms with Gasteiger partial charge in [0, 0.05) is 12.2 Å². The summed E-state index contributed by atoms with van der Waals surface area (Å²) in [6.07, 6.45) is 3.53. The highest BCUT2D eigenvalue weighted by atomic mass is 15.0. The molecule has 1 aliphatic rings. The van der Waals surface area contributed by atoms with Crippen LogP contribution in [0.25, 0.3) is 0 Å². The second kappa shape index (κ2) is 5.07.